The van der Waals surface area contributed by atoms with Crippen molar-refractivity contribution in [3.05, 3.63) is 76.4 Å². The topological polar surface area (TPSA) is 70.9 Å². The Morgan fingerprint density at radius 1 is 1.05 bits per heavy atom. The number of likely N-dealkylation sites (tertiary alicyclic amines) is 1. The Hall–Kier alpha value is -3.53. The zero-order valence-electron chi connectivity index (χ0n) is 22.4. The van der Waals surface area contributed by atoms with Crippen LogP contribution < -0.4 is 5.73 Å². The third-order valence-electron chi connectivity index (χ3n) is 8.35. The zero-order chi connectivity index (χ0) is 26.6. The molecule has 6 rings (SSSR count). The van der Waals surface area contributed by atoms with Crippen molar-refractivity contribution < 1.29 is 4.39 Å². The van der Waals surface area contributed by atoms with Gasteiger partial charge in [0.05, 0.1) is 23.0 Å². The van der Waals surface area contributed by atoms with Gasteiger partial charge >= 0.3 is 0 Å². The van der Waals surface area contributed by atoms with Gasteiger partial charge in [-0.05, 0) is 92.5 Å². The van der Waals surface area contributed by atoms with Crippen LogP contribution in [0.25, 0.3) is 33.3 Å². The summed E-state index contributed by atoms with van der Waals surface area (Å²) in [7, 11) is 0. The molecule has 0 amide bonds. The molecule has 0 radical (unpaired) electrons. The highest BCUT2D eigenvalue weighted by Crippen LogP contribution is 2.41. The number of nitriles is 1. The van der Waals surface area contributed by atoms with Crippen LogP contribution in [-0.4, -0.2) is 33.6 Å². The molecular weight excluding hydrogens is 473 g/mol. The predicted octanol–water partition coefficient (Wildman–Crippen LogP) is 6.25. The molecule has 2 N–H and O–H groups in total. The molecule has 2 aromatic heterocycles. The Morgan fingerprint density at radius 3 is 2.53 bits per heavy atom. The molecule has 0 spiro atoms. The average Bonchev–Trinajstić information content (AvgIpc) is 3.53. The Bertz CT molecular complexity index is 1590. The Kier molecular flexibility index (Phi) is 6.29. The first kappa shape index (κ1) is 24.8. The molecular formula is C32H34FN5. The SMILES string of the molecule is Cc1cc(C)c(-c2ncc3c(cc(CN4CC[C@H](N)C4)n3CC3CC3)c2-c2ccc(C#N)c(F)c2)cc1C. The molecule has 5 nitrogen and oxygen atoms in total. The first-order valence-electron chi connectivity index (χ1n) is 13.6. The van der Waals surface area contributed by atoms with E-state index in [1.807, 2.05) is 18.3 Å². The van der Waals surface area contributed by atoms with Crippen molar-refractivity contribution in [3.63, 3.8) is 0 Å². The minimum Gasteiger partial charge on any atom is -0.342 e. The fraction of sp³-hybridized carbons (Fsp3) is 0.375. The molecule has 1 saturated carbocycles. The lowest BCUT2D eigenvalue weighted by atomic mass is 9.91. The fourth-order valence-corrected chi connectivity index (χ4v) is 5.89. The van der Waals surface area contributed by atoms with Gasteiger partial charge in [0.2, 0.25) is 0 Å². The third-order valence-corrected chi connectivity index (χ3v) is 8.35. The van der Waals surface area contributed by atoms with Gasteiger partial charge in [0.25, 0.3) is 0 Å². The van der Waals surface area contributed by atoms with Gasteiger partial charge in [0.1, 0.15) is 11.9 Å². The monoisotopic (exact) mass is 507 g/mol. The lowest BCUT2D eigenvalue weighted by molar-refractivity contribution is 0.317. The molecule has 1 saturated heterocycles. The number of nitrogens with two attached hydrogens (primary N) is 1. The van der Waals surface area contributed by atoms with Crippen LogP contribution in [0.5, 0.6) is 0 Å². The van der Waals surface area contributed by atoms with E-state index in [4.69, 9.17) is 10.7 Å². The number of benzene rings is 2. The smallest absolute Gasteiger partial charge is 0.141 e. The zero-order valence-corrected chi connectivity index (χ0v) is 22.4. The maximum absolute atomic E-state index is 15.0. The lowest BCUT2D eigenvalue weighted by Crippen LogP contribution is -2.27. The van der Waals surface area contributed by atoms with Crippen molar-refractivity contribution in [2.75, 3.05) is 13.1 Å². The molecule has 1 aliphatic heterocycles. The van der Waals surface area contributed by atoms with Gasteiger partial charge in [-0.25, -0.2) is 4.39 Å². The molecule has 0 unspecified atom stereocenters. The number of aryl methyl sites for hydroxylation is 3. The van der Waals surface area contributed by atoms with Gasteiger partial charge in [-0.2, -0.15) is 5.26 Å². The molecule has 0 bridgehead atoms. The second-order valence-electron chi connectivity index (χ2n) is 11.3. The summed E-state index contributed by atoms with van der Waals surface area (Å²) in [5, 5.41) is 10.4. The van der Waals surface area contributed by atoms with E-state index in [1.54, 1.807) is 6.07 Å². The van der Waals surface area contributed by atoms with Crippen LogP contribution in [0, 0.1) is 43.8 Å². The second-order valence-corrected chi connectivity index (χ2v) is 11.3. The molecule has 2 aliphatic rings. The van der Waals surface area contributed by atoms with Gasteiger partial charge in [-0.15, -0.1) is 0 Å². The van der Waals surface area contributed by atoms with Crippen LogP contribution in [0.15, 0.2) is 42.6 Å². The number of hydrogen-bond donors (Lipinski definition) is 1. The molecule has 3 heterocycles. The first-order valence-corrected chi connectivity index (χ1v) is 13.6. The van der Waals surface area contributed by atoms with Crippen molar-refractivity contribution in [1.82, 2.24) is 14.5 Å². The van der Waals surface area contributed by atoms with E-state index in [0.29, 0.717) is 5.92 Å². The fourth-order valence-electron chi connectivity index (χ4n) is 5.89. The second kappa shape index (κ2) is 9.65. The molecule has 1 atom stereocenters. The van der Waals surface area contributed by atoms with Gasteiger partial charge < -0.3 is 10.3 Å². The molecule has 2 aromatic carbocycles. The summed E-state index contributed by atoms with van der Waals surface area (Å²) in [5.74, 6) is 0.191. The van der Waals surface area contributed by atoms with Crippen LogP contribution in [-0.2, 0) is 13.1 Å². The summed E-state index contributed by atoms with van der Waals surface area (Å²) in [4.78, 5) is 7.50. The van der Waals surface area contributed by atoms with E-state index in [9.17, 15) is 9.65 Å². The van der Waals surface area contributed by atoms with Crippen LogP contribution in [0.2, 0.25) is 0 Å². The lowest BCUT2D eigenvalue weighted by Gasteiger charge is -2.18. The number of fused-ring (bicyclic) bond motifs is 1. The van der Waals surface area contributed by atoms with E-state index >= 15 is 0 Å². The van der Waals surface area contributed by atoms with E-state index < -0.39 is 5.82 Å². The predicted molar refractivity (Wildman–Crippen MR) is 150 cm³/mol. The summed E-state index contributed by atoms with van der Waals surface area (Å²) in [6, 6.07) is 13.8. The summed E-state index contributed by atoms with van der Waals surface area (Å²) >= 11 is 0. The van der Waals surface area contributed by atoms with Crippen LogP contribution in [0.4, 0.5) is 4.39 Å². The Morgan fingerprint density at radius 2 is 1.84 bits per heavy atom. The number of aromatic nitrogens is 2. The highest BCUT2D eigenvalue weighted by Gasteiger charge is 2.27. The highest BCUT2D eigenvalue weighted by molar-refractivity contribution is 6.02. The number of nitrogens with zero attached hydrogens (tertiary/aromatic N) is 4. The molecule has 1 aliphatic carbocycles. The van der Waals surface area contributed by atoms with Crippen molar-refractivity contribution in [2.24, 2.45) is 11.7 Å². The molecule has 6 heteroatoms. The maximum Gasteiger partial charge on any atom is 0.141 e. The largest absolute Gasteiger partial charge is 0.342 e. The molecule has 194 valence electrons. The van der Waals surface area contributed by atoms with Crippen molar-refractivity contribution in [1.29, 1.82) is 5.26 Å². The number of hydrogen-bond acceptors (Lipinski definition) is 4. The summed E-state index contributed by atoms with van der Waals surface area (Å²) < 4.78 is 17.4. The molecule has 38 heavy (non-hydrogen) atoms. The standard InChI is InChI=1S/C32H34FN5/c1-19-10-21(3)27(11-20(19)2)32-31(23-6-7-24(14-34)29(33)12-23)28-13-26(18-37-9-8-25(35)17-37)38(16-22-4-5-22)30(28)15-36-32/h6-7,10-13,15,22,25H,4-5,8-9,16-18,35H2,1-3H3/t25-/m0/s1. The quantitative estimate of drug-likeness (QED) is 0.335. The number of rotatable bonds is 6. The van der Waals surface area contributed by atoms with Gasteiger partial charge in [0.15, 0.2) is 0 Å². The third kappa shape index (κ3) is 4.51. The van der Waals surface area contributed by atoms with Gasteiger partial charge in [-0.3, -0.25) is 9.88 Å². The molecule has 4 aromatic rings. The van der Waals surface area contributed by atoms with Crippen molar-refractivity contribution in [3.8, 4) is 28.5 Å². The summed E-state index contributed by atoms with van der Waals surface area (Å²) in [6.45, 7) is 10.1. The Balaban J connectivity index is 1.60. The van der Waals surface area contributed by atoms with E-state index in [0.717, 1.165) is 71.5 Å². The maximum atomic E-state index is 15.0. The normalized spacial score (nSPS) is 17.8. The van der Waals surface area contributed by atoms with Crippen LogP contribution in [0.1, 0.15) is 47.2 Å². The van der Waals surface area contributed by atoms with Crippen molar-refractivity contribution in [2.45, 2.75) is 59.2 Å². The van der Waals surface area contributed by atoms with Gasteiger partial charge in [0, 0.05) is 54.4 Å². The van der Waals surface area contributed by atoms with E-state index in [2.05, 4.69) is 48.4 Å². The number of pyridine rings is 1. The highest BCUT2D eigenvalue weighted by atomic mass is 19.1. The average molecular weight is 508 g/mol. The van der Waals surface area contributed by atoms with E-state index in [1.165, 1.54) is 35.7 Å². The number of halogens is 1. The summed E-state index contributed by atoms with van der Waals surface area (Å²) in [5.41, 5.74) is 15.8. The minimum absolute atomic E-state index is 0.0511. The van der Waals surface area contributed by atoms with E-state index in [-0.39, 0.29) is 11.6 Å². The Labute approximate surface area is 223 Å². The minimum atomic E-state index is -0.506. The summed E-state index contributed by atoms with van der Waals surface area (Å²) in [6.07, 6.45) is 5.55. The first-order chi connectivity index (χ1) is 18.3. The van der Waals surface area contributed by atoms with Crippen molar-refractivity contribution >= 4 is 10.9 Å². The van der Waals surface area contributed by atoms with Crippen LogP contribution >= 0.6 is 0 Å². The molecule has 2 fully saturated rings. The van der Waals surface area contributed by atoms with Gasteiger partial charge in [-0.1, -0.05) is 12.1 Å². The van der Waals surface area contributed by atoms with Crippen LogP contribution in [0.3, 0.4) is 0 Å².